The number of rotatable bonds is 11. The number of para-hydroxylation sites is 2. The summed E-state index contributed by atoms with van der Waals surface area (Å²) < 4.78 is 17.0. The van der Waals surface area contributed by atoms with Crippen molar-refractivity contribution in [1.82, 2.24) is 15.8 Å². The molecule has 4 N–H and O–H groups in total. The first-order valence-corrected chi connectivity index (χ1v) is 11.9. The summed E-state index contributed by atoms with van der Waals surface area (Å²) in [6.45, 7) is 0.166. The number of carbonyl (C=O) groups excluding carboxylic acids is 2. The molecule has 0 aliphatic carbocycles. The lowest BCUT2D eigenvalue weighted by atomic mass is 10.0. The highest BCUT2D eigenvalue weighted by Crippen LogP contribution is 2.29. The number of fused-ring (bicyclic) bond motifs is 1. The summed E-state index contributed by atoms with van der Waals surface area (Å²) in [6.07, 6.45) is 5.19. The molecule has 1 aromatic heterocycles. The zero-order chi connectivity index (χ0) is 26.9. The number of hydrogen-bond donors (Lipinski definition) is 4. The maximum atomic E-state index is 13.2. The molecule has 0 aliphatic heterocycles. The van der Waals surface area contributed by atoms with Crippen LogP contribution in [0.25, 0.3) is 17.0 Å². The maximum absolute atomic E-state index is 13.2. The van der Waals surface area contributed by atoms with Crippen LogP contribution in [-0.4, -0.2) is 48.9 Å². The summed E-state index contributed by atoms with van der Waals surface area (Å²) in [5.74, 6) is 0.503. The molecule has 0 spiro atoms. The fourth-order valence-electron chi connectivity index (χ4n) is 4.12. The number of H-pyrrole nitrogens is 1. The van der Waals surface area contributed by atoms with Crippen LogP contribution in [0, 0.1) is 0 Å². The third-order valence-corrected chi connectivity index (χ3v) is 5.99. The first-order valence-electron chi connectivity index (χ1n) is 11.9. The highest BCUT2D eigenvalue weighted by Gasteiger charge is 2.20. The number of hydrogen-bond acceptors (Lipinski definition) is 6. The van der Waals surface area contributed by atoms with Crippen LogP contribution < -0.4 is 25.0 Å². The molecule has 2 amide bonds. The lowest BCUT2D eigenvalue weighted by Gasteiger charge is -2.21. The lowest BCUT2D eigenvalue weighted by molar-refractivity contribution is -0.124. The Morgan fingerprint density at radius 3 is 2.53 bits per heavy atom. The van der Waals surface area contributed by atoms with Crippen LogP contribution >= 0.6 is 0 Å². The second kappa shape index (κ2) is 12.5. The lowest BCUT2D eigenvalue weighted by Crippen LogP contribution is -2.40. The molecule has 0 fully saturated rings. The maximum Gasteiger partial charge on any atom is 0.267 e. The molecule has 196 valence electrons. The van der Waals surface area contributed by atoms with E-state index < -0.39 is 5.91 Å². The van der Waals surface area contributed by atoms with E-state index in [4.69, 9.17) is 19.4 Å². The molecule has 3 aromatic carbocycles. The van der Waals surface area contributed by atoms with E-state index in [-0.39, 0.29) is 18.6 Å². The number of amides is 2. The summed E-state index contributed by atoms with van der Waals surface area (Å²) in [5.41, 5.74) is 4.71. The second-order valence-electron chi connectivity index (χ2n) is 8.46. The van der Waals surface area contributed by atoms with Gasteiger partial charge in [0.2, 0.25) is 0 Å². The summed E-state index contributed by atoms with van der Waals surface area (Å²) in [6, 6.07) is 19.8. The molecule has 38 heavy (non-hydrogen) atoms. The Bertz CT molecular complexity index is 1450. The summed E-state index contributed by atoms with van der Waals surface area (Å²) >= 11 is 0. The number of methoxy groups -OCH3 is 2. The van der Waals surface area contributed by atoms with E-state index in [2.05, 4.69) is 10.3 Å². The molecule has 0 aliphatic rings. The third kappa shape index (κ3) is 6.32. The van der Waals surface area contributed by atoms with Crippen LogP contribution in [-0.2, 0) is 11.2 Å². The molecule has 0 saturated heterocycles. The van der Waals surface area contributed by atoms with Gasteiger partial charge in [0.25, 0.3) is 11.8 Å². The van der Waals surface area contributed by atoms with Crippen LogP contribution in [0.2, 0.25) is 0 Å². The molecular weight excluding hydrogens is 486 g/mol. The van der Waals surface area contributed by atoms with Crippen molar-refractivity contribution in [3.05, 3.63) is 95.7 Å². The average molecular weight is 516 g/mol. The fraction of sp³-hybridized carbons (Fsp3) is 0.172. The number of hydroxylamine groups is 1. The van der Waals surface area contributed by atoms with Crippen molar-refractivity contribution >= 4 is 28.8 Å². The van der Waals surface area contributed by atoms with Crippen LogP contribution in [0.5, 0.6) is 17.2 Å². The van der Waals surface area contributed by atoms with Gasteiger partial charge in [0, 0.05) is 23.2 Å². The Balaban J connectivity index is 1.56. The van der Waals surface area contributed by atoms with Gasteiger partial charge in [0.05, 0.1) is 25.8 Å². The van der Waals surface area contributed by atoms with Crippen molar-refractivity contribution in [2.45, 2.75) is 12.5 Å². The average Bonchev–Trinajstić information content (AvgIpc) is 3.37. The van der Waals surface area contributed by atoms with E-state index in [1.54, 1.807) is 41.9 Å². The number of aromatic nitrogens is 1. The normalized spacial score (nSPS) is 11.8. The molecule has 4 aromatic rings. The van der Waals surface area contributed by atoms with Gasteiger partial charge in [0.15, 0.2) is 11.5 Å². The third-order valence-electron chi connectivity index (χ3n) is 5.99. The Morgan fingerprint density at radius 2 is 1.74 bits per heavy atom. The van der Waals surface area contributed by atoms with Gasteiger partial charge in [0.1, 0.15) is 12.4 Å². The van der Waals surface area contributed by atoms with Gasteiger partial charge in [-0.25, -0.2) is 5.48 Å². The molecule has 0 unspecified atom stereocenters. The summed E-state index contributed by atoms with van der Waals surface area (Å²) in [5, 5.41) is 12.8. The Labute approximate surface area is 220 Å². The summed E-state index contributed by atoms with van der Waals surface area (Å²) in [4.78, 5) is 27.8. The monoisotopic (exact) mass is 515 g/mol. The molecule has 1 atom stereocenters. The summed E-state index contributed by atoms with van der Waals surface area (Å²) in [7, 11) is 3.04. The number of aromatic amines is 1. The van der Waals surface area contributed by atoms with Gasteiger partial charge in [-0.3, -0.25) is 14.8 Å². The van der Waals surface area contributed by atoms with E-state index in [0.717, 1.165) is 16.5 Å². The largest absolute Gasteiger partial charge is 0.496 e. The standard InChI is InChI=1S/C29H29N3O6/c1-36-25-10-6-4-8-23(25)29(34)31-21(16-20-17-30-24-9-5-3-7-22(20)24)18-38-26-13-11-19(15-27(26)37-2)12-14-28(33)32-35/h3-15,17,21,30,35H,16,18H2,1-2H3,(H,31,34)(H,32,33)/b14-12+/t21-/m0/s1. The van der Waals surface area contributed by atoms with Crippen molar-refractivity contribution in [2.75, 3.05) is 20.8 Å². The van der Waals surface area contributed by atoms with Crippen molar-refractivity contribution in [2.24, 2.45) is 0 Å². The van der Waals surface area contributed by atoms with E-state index >= 15 is 0 Å². The SMILES string of the molecule is COc1cc(/C=C/C(=O)NO)ccc1OC[C@H](Cc1c[nH]c2ccccc12)NC(=O)c1ccccc1OC. The first-order chi connectivity index (χ1) is 18.5. The number of benzene rings is 3. The van der Waals surface area contributed by atoms with Gasteiger partial charge in [-0.2, -0.15) is 0 Å². The van der Waals surface area contributed by atoms with E-state index in [9.17, 15) is 9.59 Å². The van der Waals surface area contributed by atoms with Gasteiger partial charge in [-0.15, -0.1) is 0 Å². The van der Waals surface area contributed by atoms with Crippen LogP contribution in [0.1, 0.15) is 21.5 Å². The Morgan fingerprint density at radius 1 is 0.974 bits per heavy atom. The Hall–Kier alpha value is -4.76. The predicted octanol–water partition coefficient (Wildman–Crippen LogP) is 4.12. The molecule has 9 heteroatoms. The zero-order valence-corrected chi connectivity index (χ0v) is 21.1. The van der Waals surface area contributed by atoms with Crippen molar-refractivity contribution in [3.8, 4) is 17.2 Å². The molecule has 0 saturated carbocycles. The highest BCUT2D eigenvalue weighted by molar-refractivity contribution is 5.97. The van der Waals surface area contributed by atoms with E-state index in [1.807, 2.05) is 36.5 Å². The number of carbonyl (C=O) groups is 2. The Kier molecular flexibility index (Phi) is 8.63. The van der Waals surface area contributed by atoms with Gasteiger partial charge in [-0.05, 0) is 54.0 Å². The minimum absolute atomic E-state index is 0.166. The molecule has 4 rings (SSSR count). The highest BCUT2D eigenvalue weighted by atomic mass is 16.5. The molecule has 0 bridgehead atoms. The van der Waals surface area contributed by atoms with Gasteiger partial charge >= 0.3 is 0 Å². The minimum Gasteiger partial charge on any atom is -0.496 e. The van der Waals surface area contributed by atoms with E-state index in [1.165, 1.54) is 26.4 Å². The van der Waals surface area contributed by atoms with Crippen LogP contribution in [0.3, 0.4) is 0 Å². The molecule has 0 radical (unpaired) electrons. The predicted molar refractivity (Wildman–Crippen MR) is 144 cm³/mol. The fourth-order valence-corrected chi connectivity index (χ4v) is 4.12. The topological polar surface area (TPSA) is 122 Å². The number of nitrogens with one attached hydrogen (secondary N) is 3. The van der Waals surface area contributed by atoms with Crippen LogP contribution in [0.4, 0.5) is 0 Å². The van der Waals surface area contributed by atoms with E-state index in [0.29, 0.717) is 34.8 Å². The first kappa shape index (κ1) is 26.3. The smallest absolute Gasteiger partial charge is 0.267 e. The zero-order valence-electron chi connectivity index (χ0n) is 21.1. The molecular formula is C29H29N3O6. The quantitative estimate of drug-likeness (QED) is 0.135. The minimum atomic E-state index is -0.643. The molecule has 9 nitrogen and oxygen atoms in total. The van der Waals surface area contributed by atoms with Crippen molar-refractivity contribution in [1.29, 1.82) is 0 Å². The number of ether oxygens (including phenoxy) is 3. The second-order valence-corrected chi connectivity index (χ2v) is 8.46. The molecule has 1 heterocycles. The van der Waals surface area contributed by atoms with Crippen LogP contribution in [0.15, 0.2) is 79.0 Å². The van der Waals surface area contributed by atoms with Gasteiger partial charge < -0.3 is 24.5 Å². The van der Waals surface area contributed by atoms with Crippen molar-refractivity contribution in [3.63, 3.8) is 0 Å². The van der Waals surface area contributed by atoms with Gasteiger partial charge in [-0.1, -0.05) is 36.4 Å². The van der Waals surface area contributed by atoms with Crippen molar-refractivity contribution < 1.29 is 29.0 Å².